The minimum absolute atomic E-state index is 0.00769. The summed E-state index contributed by atoms with van der Waals surface area (Å²) < 4.78 is 5.44. The van der Waals surface area contributed by atoms with Crippen molar-refractivity contribution >= 4 is 5.97 Å². The fourth-order valence-corrected chi connectivity index (χ4v) is 3.79. The molecule has 1 saturated heterocycles. The van der Waals surface area contributed by atoms with Gasteiger partial charge in [0.05, 0.1) is 6.61 Å². The van der Waals surface area contributed by atoms with Crippen LogP contribution in [0.3, 0.4) is 0 Å². The van der Waals surface area contributed by atoms with Gasteiger partial charge < -0.3 is 10.1 Å². The lowest BCUT2D eigenvalue weighted by Gasteiger charge is -2.14. The van der Waals surface area contributed by atoms with Crippen molar-refractivity contribution in [3.63, 3.8) is 0 Å². The van der Waals surface area contributed by atoms with E-state index in [1.165, 1.54) is 64.2 Å². The second kappa shape index (κ2) is 18.9. The molecule has 2 atom stereocenters. The summed E-state index contributed by atoms with van der Waals surface area (Å²) in [7, 11) is 0. The lowest BCUT2D eigenvalue weighted by Crippen LogP contribution is -2.19. The highest BCUT2D eigenvalue weighted by Gasteiger charge is 2.24. The summed E-state index contributed by atoms with van der Waals surface area (Å²) in [6, 6.07) is 0. The van der Waals surface area contributed by atoms with E-state index in [0.29, 0.717) is 24.9 Å². The van der Waals surface area contributed by atoms with E-state index in [1.807, 2.05) is 0 Å². The Morgan fingerprint density at radius 3 is 2.10 bits per heavy atom. The topological polar surface area (TPSA) is 38.3 Å². The third kappa shape index (κ3) is 15.4. The Labute approximate surface area is 180 Å². The van der Waals surface area contributed by atoms with Crippen LogP contribution < -0.4 is 5.32 Å². The van der Waals surface area contributed by atoms with Gasteiger partial charge in [0.2, 0.25) is 0 Å². The molecule has 1 aliphatic rings. The number of carbonyl (C=O) groups excluding carboxylic acids is 1. The first-order valence-corrected chi connectivity index (χ1v) is 12.4. The summed E-state index contributed by atoms with van der Waals surface area (Å²) in [4.78, 5) is 11.8. The Hall–Kier alpha value is -1.09. The van der Waals surface area contributed by atoms with Crippen LogP contribution >= 0.6 is 0 Å². The largest absolute Gasteiger partial charge is 0.465 e. The Balaban J connectivity index is 1.79. The zero-order valence-electron chi connectivity index (χ0n) is 19.3. The standard InChI is InChI=1S/C26H47NO2/c1-3-4-5-6-7-8-9-10-11-12-13-14-15-16-17-18-19-20-26(28)29-23-25-22-27-21-24(25)2/h7-8,10-11,24-25,27H,3-6,9,12-23H2,1-2H3/b8-7-,11-10-/t24-,25?/m1/s1. The number of esters is 1. The van der Waals surface area contributed by atoms with E-state index < -0.39 is 0 Å². The van der Waals surface area contributed by atoms with Crippen LogP contribution in [0.25, 0.3) is 0 Å². The van der Waals surface area contributed by atoms with E-state index >= 15 is 0 Å². The molecule has 3 heteroatoms. The lowest BCUT2D eigenvalue weighted by molar-refractivity contribution is -0.145. The number of rotatable bonds is 18. The molecule has 0 bridgehead atoms. The molecule has 1 fully saturated rings. The van der Waals surface area contributed by atoms with Crippen LogP contribution in [0, 0.1) is 11.8 Å². The van der Waals surface area contributed by atoms with Crippen LogP contribution in [-0.2, 0) is 9.53 Å². The van der Waals surface area contributed by atoms with Gasteiger partial charge in [0.25, 0.3) is 0 Å². The van der Waals surface area contributed by atoms with Crippen LogP contribution in [0.1, 0.15) is 104 Å². The summed E-state index contributed by atoms with van der Waals surface area (Å²) >= 11 is 0. The molecular weight excluding hydrogens is 358 g/mol. The monoisotopic (exact) mass is 405 g/mol. The van der Waals surface area contributed by atoms with Crippen molar-refractivity contribution in [2.45, 2.75) is 104 Å². The van der Waals surface area contributed by atoms with Crippen LogP contribution in [0.5, 0.6) is 0 Å². The van der Waals surface area contributed by atoms with Crippen molar-refractivity contribution in [2.24, 2.45) is 11.8 Å². The van der Waals surface area contributed by atoms with E-state index in [4.69, 9.17) is 4.74 Å². The van der Waals surface area contributed by atoms with Gasteiger partial charge in [-0.25, -0.2) is 0 Å². The molecule has 0 aliphatic carbocycles. The van der Waals surface area contributed by atoms with Crippen LogP contribution in [0.2, 0.25) is 0 Å². The normalized spacial score (nSPS) is 19.5. The molecule has 0 amide bonds. The number of ether oxygens (including phenoxy) is 1. The van der Waals surface area contributed by atoms with Gasteiger partial charge in [-0.15, -0.1) is 0 Å². The van der Waals surface area contributed by atoms with Crippen molar-refractivity contribution < 1.29 is 9.53 Å². The number of allylic oxidation sites excluding steroid dienone is 4. The summed E-state index contributed by atoms with van der Waals surface area (Å²) in [5.41, 5.74) is 0. The second-order valence-corrected chi connectivity index (χ2v) is 8.77. The molecule has 1 aliphatic heterocycles. The van der Waals surface area contributed by atoms with E-state index in [9.17, 15) is 4.79 Å². The number of nitrogens with one attached hydrogen (secondary N) is 1. The Morgan fingerprint density at radius 2 is 1.48 bits per heavy atom. The van der Waals surface area contributed by atoms with Gasteiger partial charge in [0.1, 0.15) is 0 Å². The third-order valence-electron chi connectivity index (χ3n) is 5.97. The zero-order chi connectivity index (χ0) is 21.0. The third-order valence-corrected chi connectivity index (χ3v) is 5.97. The maximum atomic E-state index is 11.8. The molecule has 1 heterocycles. The predicted molar refractivity (Wildman–Crippen MR) is 125 cm³/mol. The Bertz CT molecular complexity index is 444. The van der Waals surface area contributed by atoms with Crippen molar-refractivity contribution in [1.82, 2.24) is 5.32 Å². The molecular formula is C26H47NO2. The first-order valence-electron chi connectivity index (χ1n) is 12.4. The van der Waals surface area contributed by atoms with E-state index in [-0.39, 0.29) is 5.97 Å². The second-order valence-electron chi connectivity index (χ2n) is 8.77. The first kappa shape index (κ1) is 25.9. The number of carbonyl (C=O) groups is 1. The minimum atomic E-state index is -0.00769. The predicted octanol–water partition coefficient (Wildman–Crippen LogP) is 6.98. The highest BCUT2D eigenvalue weighted by molar-refractivity contribution is 5.69. The quantitative estimate of drug-likeness (QED) is 0.152. The summed E-state index contributed by atoms with van der Waals surface area (Å²) in [5, 5.41) is 3.35. The Morgan fingerprint density at radius 1 is 0.862 bits per heavy atom. The molecule has 0 aromatic rings. The fourth-order valence-electron chi connectivity index (χ4n) is 3.79. The molecule has 29 heavy (non-hydrogen) atoms. The van der Waals surface area contributed by atoms with Crippen LogP contribution in [0.4, 0.5) is 0 Å². The average Bonchev–Trinajstić information content (AvgIpc) is 3.13. The highest BCUT2D eigenvalue weighted by atomic mass is 16.5. The van der Waals surface area contributed by atoms with E-state index in [0.717, 1.165) is 32.4 Å². The molecule has 0 spiro atoms. The van der Waals surface area contributed by atoms with Gasteiger partial charge in [-0.3, -0.25) is 4.79 Å². The maximum absolute atomic E-state index is 11.8. The smallest absolute Gasteiger partial charge is 0.305 e. The van der Waals surface area contributed by atoms with Crippen molar-refractivity contribution in [3.8, 4) is 0 Å². The molecule has 0 aromatic carbocycles. The zero-order valence-corrected chi connectivity index (χ0v) is 19.3. The molecule has 1 unspecified atom stereocenters. The molecule has 1 N–H and O–H groups in total. The summed E-state index contributed by atoms with van der Waals surface area (Å²) in [6.07, 6.45) is 26.0. The Kier molecular flexibility index (Phi) is 16.9. The SMILES string of the molecule is CCCCC/C=C\C/C=C\CCCCCCCCCC(=O)OCC1CNC[C@H]1C. The van der Waals surface area contributed by atoms with Crippen LogP contribution in [0.15, 0.2) is 24.3 Å². The lowest BCUT2D eigenvalue weighted by atomic mass is 9.99. The average molecular weight is 406 g/mol. The van der Waals surface area contributed by atoms with Crippen LogP contribution in [-0.4, -0.2) is 25.7 Å². The molecule has 168 valence electrons. The number of unbranched alkanes of at least 4 members (excludes halogenated alkanes) is 10. The molecule has 0 aromatic heterocycles. The summed E-state index contributed by atoms with van der Waals surface area (Å²) in [6.45, 7) is 7.11. The van der Waals surface area contributed by atoms with Crippen molar-refractivity contribution in [2.75, 3.05) is 19.7 Å². The van der Waals surface area contributed by atoms with Gasteiger partial charge in [-0.2, -0.15) is 0 Å². The van der Waals surface area contributed by atoms with Gasteiger partial charge in [-0.1, -0.05) is 83.1 Å². The number of hydrogen-bond donors (Lipinski definition) is 1. The minimum Gasteiger partial charge on any atom is -0.465 e. The van der Waals surface area contributed by atoms with E-state index in [2.05, 4.69) is 43.5 Å². The molecule has 3 nitrogen and oxygen atoms in total. The van der Waals surface area contributed by atoms with Gasteiger partial charge in [0.15, 0.2) is 0 Å². The van der Waals surface area contributed by atoms with Gasteiger partial charge in [-0.05, 0) is 51.0 Å². The molecule has 0 radical (unpaired) electrons. The highest BCUT2D eigenvalue weighted by Crippen LogP contribution is 2.16. The summed E-state index contributed by atoms with van der Waals surface area (Å²) in [5.74, 6) is 1.11. The van der Waals surface area contributed by atoms with Crippen molar-refractivity contribution in [1.29, 1.82) is 0 Å². The fraction of sp³-hybridized carbons (Fsp3) is 0.808. The van der Waals surface area contributed by atoms with Gasteiger partial charge >= 0.3 is 5.97 Å². The number of hydrogen-bond acceptors (Lipinski definition) is 3. The van der Waals surface area contributed by atoms with Crippen molar-refractivity contribution in [3.05, 3.63) is 24.3 Å². The molecule has 0 saturated carbocycles. The first-order chi connectivity index (χ1) is 14.2. The maximum Gasteiger partial charge on any atom is 0.305 e. The van der Waals surface area contributed by atoms with Gasteiger partial charge in [0, 0.05) is 18.9 Å². The van der Waals surface area contributed by atoms with E-state index in [1.54, 1.807) is 0 Å². The molecule has 1 rings (SSSR count).